The van der Waals surface area contributed by atoms with Crippen molar-refractivity contribution < 1.29 is 9.84 Å². The molecule has 0 amide bonds. The van der Waals surface area contributed by atoms with Gasteiger partial charge in [0.25, 0.3) is 0 Å². The second-order valence-electron chi connectivity index (χ2n) is 4.60. The predicted molar refractivity (Wildman–Crippen MR) is 63.6 cm³/mol. The molecule has 0 bridgehead atoms. The molecule has 3 heteroatoms. The van der Waals surface area contributed by atoms with E-state index in [1.807, 2.05) is 6.07 Å². The van der Waals surface area contributed by atoms with Crippen molar-refractivity contribution >= 4 is 0 Å². The Morgan fingerprint density at radius 2 is 1.94 bits per heavy atom. The van der Waals surface area contributed by atoms with Crippen molar-refractivity contribution in [1.29, 1.82) is 0 Å². The van der Waals surface area contributed by atoms with Crippen molar-refractivity contribution in [2.75, 3.05) is 7.11 Å². The summed E-state index contributed by atoms with van der Waals surface area (Å²) in [6.45, 7) is 0. The van der Waals surface area contributed by atoms with Crippen LogP contribution in [0.1, 0.15) is 37.7 Å². The molecule has 1 fully saturated rings. The van der Waals surface area contributed by atoms with Gasteiger partial charge >= 0.3 is 0 Å². The Morgan fingerprint density at radius 3 is 2.50 bits per heavy atom. The summed E-state index contributed by atoms with van der Waals surface area (Å²) in [6.07, 6.45) is 5.60. The molecule has 0 heterocycles. The lowest BCUT2D eigenvalue weighted by atomic mass is 9.77. The molecule has 0 unspecified atom stereocenters. The van der Waals surface area contributed by atoms with E-state index in [4.69, 9.17) is 10.5 Å². The van der Waals surface area contributed by atoms with Crippen molar-refractivity contribution in [2.24, 2.45) is 5.73 Å². The van der Waals surface area contributed by atoms with E-state index in [1.165, 1.54) is 19.3 Å². The Balaban J connectivity index is 2.29. The predicted octanol–water partition coefficient (Wildman–Crippen LogP) is 2.52. The summed E-state index contributed by atoms with van der Waals surface area (Å²) in [5.74, 6) is 0.679. The van der Waals surface area contributed by atoms with Crippen LogP contribution in [-0.2, 0) is 5.54 Å². The minimum Gasteiger partial charge on any atom is -0.504 e. The molecule has 1 saturated carbocycles. The van der Waals surface area contributed by atoms with Gasteiger partial charge in [-0.15, -0.1) is 0 Å². The first-order valence-corrected chi connectivity index (χ1v) is 5.82. The van der Waals surface area contributed by atoms with E-state index in [1.54, 1.807) is 19.2 Å². The van der Waals surface area contributed by atoms with Crippen molar-refractivity contribution in [2.45, 2.75) is 37.6 Å². The van der Waals surface area contributed by atoms with E-state index in [2.05, 4.69) is 0 Å². The highest BCUT2D eigenvalue weighted by Gasteiger charge is 2.29. The van der Waals surface area contributed by atoms with Crippen LogP contribution in [0, 0.1) is 0 Å². The normalized spacial score (nSPS) is 19.4. The van der Waals surface area contributed by atoms with Gasteiger partial charge in [-0.05, 0) is 30.5 Å². The van der Waals surface area contributed by atoms with E-state index >= 15 is 0 Å². The third-order valence-corrected chi connectivity index (χ3v) is 3.50. The summed E-state index contributed by atoms with van der Waals surface area (Å²) >= 11 is 0. The maximum absolute atomic E-state index is 9.76. The molecule has 1 aliphatic carbocycles. The van der Waals surface area contributed by atoms with Gasteiger partial charge in [-0.3, -0.25) is 0 Å². The SMILES string of the molecule is COc1ccc(C2(N)CCCCC2)cc1O. The van der Waals surface area contributed by atoms with Gasteiger partial charge in [0.05, 0.1) is 7.11 Å². The molecule has 3 N–H and O–H groups in total. The summed E-state index contributed by atoms with van der Waals surface area (Å²) in [6, 6.07) is 5.49. The minimum atomic E-state index is -0.262. The lowest BCUT2D eigenvalue weighted by molar-refractivity contribution is 0.300. The number of methoxy groups -OCH3 is 1. The topological polar surface area (TPSA) is 55.5 Å². The lowest BCUT2D eigenvalue weighted by Gasteiger charge is -2.34. The first-order chi connectivity index (χ1) is 7.65. The van der Waals surface area contributed by atoms with Crippen molar-refractivity contribution in [3.63, 3.8) is 0 Å². The van der Waals surface area contributed by atoms with E-state index in [-0.39, 0.29) is 11.3 Å². The van der Waals surface area contributed by atoms with Crippen LogP contribution in [0.5, 0.6) is 11.5 Å². The molecule has 0 spiro atoms. The molecule has 0 saturated heterocycles. The number of rotatable bonds is 2. The van der Waals surface area contributed by atoms with Gasteiger partial charge < -0.3 is 15.6 Å². The van der Waals surface area contributed by atoms with Crippen LogP contribution in [0.15, 0.2) is 18.2 Å². The Bertz CT molecular complexity index is 370. The standard InChI is InChI=1S/C13H19NO2/c1-16-12-6-5-10(9-11(12)15)13(14)7-3-2-4-8-13/h5-6,9,15H,2-4,7-8,14H2,1H3. The van der Waals surface area contributed by atoms with E-state index in [0.29, 0.717) is 5.75 Å². The smallest absolute Gasteiger partial charge is 0.160 e. The first kappa shape index (κ1) is 11.3. The molecule has 0 aromatic heterocycles. The maximum Gasteiger partial charge on any atom is 0.160 e. The quantitative estimate of drug-likeness (QED) is 0.806. The van der Waals surface area contributed by atoms with Crippen LogP contribution in [0.2, 0.25) is 0 Å². The number of benzene rings is 1. The zero-order valence-electron chi connectivity index (χ0n) is 9.70. The molecule has 0 radical (unpaired) electrons. The average molecular weight is 221 g/mol. The van der Waals surface area contributed by atoms with Crippen molar-refractivity contribution in [1.82, 2.24) is 0 Å². The van der Waals surface area contributed by atoms with Gasteiger partial charge in [0, 0.05) is 5.54 Å². The first-order valence-electron chi connectivity index (χ1n) is 5.82. The molecule has 0 atom stereocenters. The monoisotopic (exact) mass is 221 g/mol. The minimum absolute atomic E-state index is 0.176. The molecular formula is C13H19NO2. The lowest BCUT2D eigenvalue weighted by Crippen LogP contribution is -2.38. The molecule has 1 aromatic carbocycles. The van der Waals surface area contributed by atoms with Crippen LogP contribution in [0.4, 0.5) is 0 Å². The van der Waals surface area contributed by atoms with Gasteiger partial charge in [0.15, 0.2) is 11.5 Å². The highest BCUT2D eigenvalue weighted by atomic mass is 16.5. The molecule has 3 nitrogen and oxygen atoms in total. The molecular weight excluding hydrogens is 202 g/mol. The Hall–Kier alpha value is -1.22. The number of aromatic hydroxyl groups is 1. The Kier molecular flexibility index (Phi) is 3.06. The van der Waals surface area contributed by atoms with Gasteiger partial charge in [0.2, 0.25) is 0 Å². The molecule has 1 aromatic rings. The molecule has 88 valence electrons. The second-order valence-corrected chi connectivity index (χ2v) is 4.60. The number of nitrogens with two attached hydrogens (primary N) is 1. The Labute approximate surface area is 96.2 Å². The number of phenolic OH excluding ortho intramolecular Hbond substituents is 1. The summed E-state index contributed by atoms with van der Waals surface area (Å²) in [4.78, 5) is 0. The van der Waals surface area contributed by atoms with Gasteiger partial charge in [-0.2, -0.15) is 0 Å². The fraction of sp³-hybridized carbons (Fsp3) is 0.538. The van der Waals surface area contributed by atoms with Crippen molar-refractivity contribution in [3.05, 3.63) is 23.8 Å². The largest absolute Gasteiger partial charge is 0.504 e. The van der Waals surface area contributed by atoms with E-state index in [0.717, 1.165) is 18.4 Å². The van der Waals surface area contributed by atoms with Crippen LogP contribution < -0.4 is 10.5 Å². The van der Waals surface area contributed by atoms with Crippen LogP contribution in [-0.4, -0.2) is 12.2 Å². The number of hydrogen-bond acceptors (Lipinski definition) is 3. The van der Waals surface area contributed by atoms with Crippen molar-refractivity contribution in [3.8, 4) is 11.5 Å². The summed E-state index contributed by atoms with van der Waals surface area (Å²) in [5, 5.41) is 9.76. The van der Waals surface area contributed by atoms with Gasteiger partial charge in [0.1, 0.15) is 0 Å². The molecule has 1 aliphatic rings. The number of ether oxygens (including phenoxy) is 1. The summed E-state index contributed by atoms with van der Waals surface area (Å²) < 4.78 is 5.03. The highest BCUT2D eigenvalue weighted by Crippen LogP contribution is 2.38. The van der Waals surface area contributed by atoms with E-state index in [9.17, 15) is 5.11 Å². The summed E-state index contributed by atoms with van der Waals surface area (Å²) in [5.41, 5.74) is 7.15. The maximum atomic E-state index is 9.76. The Morgan fingerprint density at radius 1 is 1.25 bits per heavy atom. The molecule has 16 heavy (non-hydrogen) atoms. The van der Waals surface area contributed by atoms with Crippen LogP contribution in [0.3, 0.4) is 0 Å². The van der Waals surface area contributed by atoms with Crippen LogP contribution >= 0.6 is 0 Å². The fourth-order valence-electron chi connectivity index (χ4n) is 2.47. The fourth-order valence-corrected chi connectivity index (χ4v) is 2.47. The third kappa shape index (κ3) is 2.00. The average Bonchev–Trinajstić information content (AvgIpc) is 2.30. The van der Waals surface area contributed by atoms with E-state index < -0.39 is 0 Å². The van der Waals surface area contributed by atoms with Gasteiger partial charge in [-0.1, -0.05) is 25.3 Å². The zero-order valence-corrected chi connectivity index (χ0v) is 9.70. The van der Waals surface area contributed by atoms with Gasteiger partial charge in [-0.25, -0.2) is 0 Å². The van der Waals surface area contributed by atoms with Crippen LogP contribution in [0.25, 0.3) is 0 Å². The molecule has 2 rings (SSSR count). The molecule has 0 aliphatic heterocycles. The number of hydrogen-bond donors (Lipinski definition) is 2. The number of phenols is 1. The third-order valence-electron chi connectivity index (χ3n) is 3.50. The zero-order chi connectivity index (χ0) is 11.6. The summed E-state index contributed by atoms with van der Waals surface area (Å²) in [7, 11) is 1.55. The second kappa shape index (κ2) is 4.34. The highest BCUT2D eigenvalue weighted by molar-refractivity contribution is 5.44.